The van der Waals surface area contributed by atoms with Crippen LogP contribution in [0.4, 0.5) is 0 Å². The van der Waals surface area contributed by atoms with Crippen molar-refractivity contribution < 1.29 is 9.47 Å². The summed E-state index contributed by atoms with van der Waals surface area (Å²) in [5.74, 6) is 1.60. The lowest BCUT2D eigenvalue weighted by Gasteiger charge is -2.30. The first-order valence-corrected chi connectivity index (χ1v) is 6.19. The Hall–Kier alpha value is -1.69. The van der Waals surface area contributed by atoms with Crippen LogP contribution >= 0.6 is 0 Å². The molecule has 0 saturated carbocycles. The van der Waals surface area contributed by atoms with Gasteiger partial charge < -0.3 is 9.47 Å². The van der Waals surface area contributed by atoms with Gasteiger partial charge in [-0.05, 0) is 30.0 Å². The zero-order valence-corrected chi connectivity index (χ0v) is 11.8. The summed E-state index contributed by atoms with van der Waals surface area (Å²) in [7, 11) is 3.22. The second-order valence-corrected chi connectivity index (χ2v) is 4.66. The Balaban J connectivity index is 3.36. The maximum absolute atomic E-state index is 9.57. The summed E-state index contributed by atoms with van der Waals surface area (Å²) >= 11 is 0. The molecule has 0 spiro atoms. The van der Waals surface area contributed by atoms with Gasteiger partial charge in [0, 0.05) is 0 Å². The van der Waals surface area contributed by atoms with Crippen LogP contribution in [0.3, 0.4) is 0 Å². The molecule has 0 fully saturated rings. The second-order valence-electron chi connectivity index (χ2n) is 4.66. The normalized spacial score (nSPS) is 13.8. The molecule has 1 aromatic carbocycles. The van der Waals surface area contributed by atoms with Crippen molar-refractivity contribution in [2.75, 3.05) is 14.2 Å². The first-order valence-electron chi connectivity index (χ1n) is 6.19. The molecule has 3 nitrogen and oxygen atoms in total. The molecule has 0 aliphatic rings. The summed E-state index contributed by atoms with van der Waals surface area (Å²) in [6.45, 7) is 6.19. The standard InChI is InChI=1S/C15H21NO2/c1-6-15(10-16,11(2)3)12-7-8-13(17-4)14(9-12)18-5/h7-9,11H,6H2,1-5H3. The predicted octanol–water partition coefficient (Wildman–Crippen LogP) is 3.53. The lowest BCUT2D eigenvalue weighted by atomic mass is 9.71. The highest BCUT2D eigenvalue weighted by atomic mass is 16.5. The van der Waals surface area contributed by atoms with Crippen LogP contribution < -0.4 is 9.47 Å². The van der Waals surface area contributed by atoms with E-state index in [1.54, 1.807) is 14.2 Å². The highest BCUT2D eigenvalue weighted by Crippen LogP contribution is 2.39. The predicted molar refractivity (Wildman–Crippen MR) is 72.0 cm³/mol. The number of hydrogen-bond acceptors (Lipinski definition) is 3. The van der Waals surface area contributed by atoms with Crippen LogP contribution in [0.1, 0.15) is 32.8 Å². The highest BCUT2D eigenvalue weighted by molar-refractivity contribution is 5.47. The van der Waals surface area contributed by atoms with Gasteiger partial charge in [0.1, 0.15) is 0 Å². The molecule has 1 unspecified atom stereocenters. The third-order valence-electron chi connectivity index (χ3n) is 3.64. The summed E-state index contributed by atoms with van der Waals surface area (Å²) in [6, 6.07) is 8.19. The van der Waals surface area contributed by atoms with Crippen molar-refractivity contribution in [3.05, 3.63) is 23.8 Å². The number of methoxy groups -OCH3 is 2. The monoisotopic (exact) mass is 247 g/mol. The lowest BCUT2D eigenvalue weighted by molar-refractivity contribution is 0.348. The van der Waals surface area contributed by atoms with Crippen molar-refractivity contribution in [3.63, 3.8) is 0 Å². The van der Waals surface area contributed by atoms with Gasteiger partial charge in [-0.25, -0.2) is 0 Å². The van der Waals surface area contributed by atoms with Crippen LogP contribution in [0.5, 0.6) is 11.5 Å². The van der Waals surface area contributed by atoms with Crippen LogP contribution in [0.25, 0.3) is 0 Å². The summed E-state index contributed by atoms with van der Waals surface area (Å²) in [6.07, 6.45) is 0.774. The molecular formula is C15H21NO2. The summed E-state index contributed by atoms with van der Waals surface area (Å²) < 4.78 is 10.5. The average Bonchev–Trinajstić information content (AvgIpc) is 2.40. The van der Waals surface area contributed by atoms with E-state index in [0.29, 0.717) is 11.5 Å². The number of ether oxygens (including phenoxy) is 2. The van der Waals surface area contributed by atoms with E-state index in [1.807, 2.05) is 25.1 Å². The fraction of sp³-hybridized carbons (Fsp3) is 0.533. The Bertz CT molecular complexity index is 448. The molecule has 18 heavy (non-hydrogen) atoms. The maximum Gasteiger partial charge on any atom is 0.161 e. The van der Waals surface area contributed by atoms with Gasteiger partial charge in [0.2, 0.25) is 0 Å². The third-order valence-corrected chi connectivity index (χ3v) is 3.64. The topological polar surface area (TPSA) is 42.2 Å². The van der Waals surface area contributed by atoms with Gasteiger partial charge >= 0.3 is 0 Å². The van der Waals surface area contributed by atoms with Crippen molar-refractivity contribution in [2.24, 2.45) is 5.92 Å². The molecular weight excluding hydrogens is 226 g/mol. The van der Waals surface area contributed by atoms with E-state index in [4.69, 9.17) is 9.47 Å². The minimum absolute atomic E-state index is 0.241. The minimum atomic E-state index is -0.473. The van der Waals surface area contributed by atoms with Gasteiger partial charge in [0.05, 0.1) is 25.7 Å². The Morgan fingerprint density at radius 3 is 2.22 bits per heavy atom. The number of nitrogens with zero attached hydrogens (tertiary/aromatic N) is 1. The summed E-state index contributed by atoms with van der Waals surface area (Å²) in [4.78, 5) is 0. The molecule has 98 valence electrons. The SMILES string of the molecule is CCC(C#N)(c1ccc(OC)c(OC)c1)C(C)C. The van der Waals surface area contributed by atoms with Crippen molar-refractivity contribution in [3.8, 4) is 17.6 Å². The molecule has 0 aliphatic heterocycles. The van der Waals surface area contributed by atoms with Crippen molar-refractivity contribution in [1.82, 2.24) is 0 Å². The largest absolute Gasteiger partial charge is 0.493 e. The minimum Gasteiger partial charge on any atom is -0.493 e. The van der Waals surface area contributed by atoms with Gasteiger partial charge in [0.25, 0.3) is 0 Å². The Labute approximate surface area is 109 Å². The zero-order valence-electron chi connectivity index (χ0n) is 11.8. The Morgan fingerprint density at radius 1 is 1.22 bits per heavy atom. The van der Waals surface area contributed by atoms with E-state index in [0.717, 1.165) is 12.0 Å². The number of nitriles is 1. The van der Waals surface area contributed by atoms with Crippen LogP contribution in [0, 0.1) is 17.2 Å². The van der Waals surface area contributed by atoms with E-state index in [1.165, 1.54) is 0 Å². The van der Waals surface area contributed by atoms with E-state index < -0.39 is 5.41 Å². The Morgan fingerprint density at radius 2 is 1.83 bits per heavy atom. The smallest absolute Gasteiger partial charge is 0.161 e. The van der Waals surface area contributed by atoms with Crippen LogP contribution in [0.15, 0.2) is 18.2 Å². The van der Waals surface area contributed by atoms with Crippen LogP contribution in [-0.4, -0.2) is 14.2 Å². The first kappa shape index (κ1) is 14.4. The number of rotatable bonds is 5. The van der Waals surface area contributed by atoms with Gasteiger partial charge in [-0.1, -0.05) is 26.8 Å². The average molecular weight is 247 g/mol. The zero-order chi connectivity index (χ0) is 13.8. The molecule has 0 N–H and O–H groups in total. The van der Waals surface area contributed by atoms with Gasteiger partial charge in [-0.2, -0.15) is 5.26 Å². The maximum atomic E-state index is 9.57. The fourth-order valence-electron chi connectivity index (χ4n) is 2.33. The molecule has 0 aliphatic carbocycles. The summed E-state index contributed by atoms with van der Waals surface area (Å²) in [5, 5.41) is 9.57. The fourth-order valence-corrected chi connectivity index (χ4v) is 2.33. The number of hydrogen-bond donors (Lipinski definition) is 0. The van der Waals surface area contributed by atoms with E-state index in [-0.39, 0.29) is 5.92 Å². The quantitative estimate of drug-likeness (QED) is 0.799. The molecule has 0 amide bonds. The van der Waals surface area contributed by atoms with E-state index in [2.05, 4.69) is 19.9 Å². The Kier molecular flexibility index (Phi) is 4.61. The molecule has 1 rings (SSSR count). The first-order chi connectivity index (χ1) is 8.55. The third kappa shape index (κ3) is 2.28. The molecule has 0 radical (unpaired) electrons. The highest BCUT2D eigenvalue weighted by Gasteiger charge is 2.34. The van der Waals surface area contributed by atoms with Crippen LogP contribution in [0.2, 0.25) is 0 Å². The molecule has 1 atom stereocenters. The lowest BCUT2D eigenvalue weighted by Crippen LogP contribution is -2.29. The molecule has 0 saturated heterocycles. The van der Waals surface area contributed by atoms with Crippen molar-refractivity contribution in [1.29, 1.82) is 5.26 Å². The number of benzene rings is 1. The second kappa shape index (κ2) is 5.77. The van der Waals surface area contributed by atoms with Gasteiger partial charge in [-0.3, -0.25) is 0 Å². The van der Waals surface area contributed by atoms with Crippen molar-refractivity contribution >= 4 is 0 Å². The molecule has 1 aromatic rings. The van der Waals surface area contributed by atoms with E-state index in [9.17, 15) is 5.26 Å². The summed E-state index contributed by atoms with van der Waals surface area (Å²) in [5.41, 5.74) is 0.514. The molecule has 3 heteroatoms. The molecule has 0 heterocycles. The molecule has 0 aromatic heterocycles. The molecule has 0 bridgehead atoms. The van der Waals surface area contributed by atoms with Crippen LogP contribution in [-0.2, 0) is 5.41 Å². The van der Waals surface area contributed by atoms with Gasteiger partial charge in [-0.15, -0.1) is 0 Å². The van der Waals surface area contributed by atoms with Gasteiger partial charge in [0.15, 0.2) is 11.5 Å². The van der Waals surface area contributed by atoms with Crippen molar-refractivity contribution in [2.45, 2.75) is 32.6 Å². The van der Waals surface area contributed by atoms with E-state index >= 15 is 0 Å².